The second-order valence-electron chi connectivity index (χ2n) is 4.36. The Labute approximate surface area is 96.2 Å². The number of nitrogens with two attached hydrogens (primary N) is 1. The molecule has 0 radical (unpaired) electrons. The monoisotopic (exact) mass is 225 g/mol. The van der Waals surface area contributed by atoms with E-state index in [9.17, 15) is 0 Å². The molecule has 3 heteroatoms. The summed E-state index contributed by atoms with van der Waals surface area (Å²) in [5.74, 6) is 0.900. The van der Waals surface area contributed by atoms with Gasteiger partial charge < -0.3 is 10.5 Å². The van der Waals surface area contributed by atoms with Crippen LogP contribution in [0.1, 0.15) is 26.3 Å². The average Bonchev–Trinajstić information content (AvgIpc) is 2.15. The van der Waals surface area contributed by atoms with Crippen LogP contribution < -0.4 is 10.5 Å². The van der Waals surface area contributed by atoms with E-state index in [1.54, 1.807) is 11.8 Å². The number of hydrogen-bond acceptors (Lipinski definition) is 3. The molecule has 1 rings (SSSR count). The van der Waals surface area contributed by atoms with Gasteiger partial charge in [-0.05, 0) is 39.2 Å². The first-order chi connectivity index (χ1) is 6.98. The van der Waals surface area contributed by atoms with Crippen molar-refractivity contribution < 1.29 is 4.74 Å². The summed E-state index contributed by atoms with van der Waals surface area (Å²) in [4.78, 5) is 1.19. The zero-order chi connectivity index (χ0) is 11.5. The van der Waals surface area contributed by atoms with Crippen LogP contribution in [0.5, 0.6) is 5.75 Å². The van der Waals surface area contributed by atoms with Gasteiger partial charge in [0.2, 0.25) is 0 Å². The van der Waals surface area contributed by atoms with E-state index in [-0.39, 0.29) is 5.60 Å². The van der Waals surface area contributed by atoms with Crippen LogP contribution in [-0.2, 0) is 6.54 Å². The summed E-state index contributed by atoms with van der Waals surface area (Å²) in [6.07, 6.45) is 2.05. The van der Waals surface area contributed by atoms with Crippen LogP contribution in [0.15, 0.2) is 23.1 Å². The Morgan fingerprint density at radius 2 is 2.00 bits per heavy atom. The lowest BCUT2D eigenvalue weighted by Crippen LogP contribution is -2.24. The highest BCUT2D eigenvalue weighted by Crippen LogP contribution is 2.30. The van der Waals surface area contributed by atoms with E-state index in [1.807, 2.05) is 32.9 Å². The zero-order valence-corrected chi connectivity index (χ0v) is 10.6. The van der Waals surface area contributed by atoms with Gasteiger partial charge in [0.15, 0.2) is 0 Å². The number of benzene rings is 1. The van der Waals surface area contributed by atoms with Gasteiger partial charge >= 0.3 is 0 Å². The third-order valence-electron chi connectivity index (χ3n) is 1.93. The van der Waals surface area contributed by atoms with E-state index in [1.165, 1.54) is 4.90 Å². The molecular weight excluding hydrogens is 206 g/mol. The van der Waals surface area contributed by atoms with Crippen LogP contribution >= 0.6 is 11.8 Å². The second-order valence-corrected chi connectivity index (χ2v) is 5.20. The van der Waals surface area contributed by atoms with Crippen molar-refractivity contribution in [2.24, 2.45) is 5.73 Å². The summed E-state index contributed by atoms with van der Waals surface area (Å²) in [5, 5.41) is 0. The summed E-state index contributed by atoms with van der Waals surface area (Å²) < 4.78 is 5.87. The number of rotatable bonds is 3. The van der Waals surface area contributed by atoms with Crippen LogP contribution in [0.4, 0.5) is 0 Å². The van der Waals surface area contributed by atoms with E-state index >= 15 is 0 Å². The average molecular weight is 225 g/mol. The van der Waals surface area contributed by atoms with Crippen LogP contribution in [0.25, 0.3) is 0 Å². The first-order valence-corrected chi connectivity index (χ1v) is 6.25. The van der Waals surface area contributed by atoms with Crippen LogP contribution in [0.3, 0.4) is 0 Å². The fourth-order valence-electron chi connectivity index (χ4n) is 1.36. The highest BCUT2D eigenvalue weighted by Gasteiger charge is 2.15. The molecule has 0 spiro atoms. The lowest BCUT2D eigenvalue weighted by Gasteiger charge is -2.23. The van der Waals surface area contributed by atoms with Crippen molar-refractivity contribution >= 4 is 11.8 Å². The van der Waals surface area contributed by atoms with Crippen LogP contribution in [0, 0.1) is 0 Å². The second kappa shape index (κ2) is 4.90. The molecule has 0 aliphatic rings. The van der Waals surface area contributed by atoms with Gasteiger partial charge in [-0.2, -0.15) is 0 Å². The Hall–Kier alpha value is -0.670. The minimum absolute atomic E-state index is 0.180. The van der Waals surface area contributed by atoms with E-state index < -0.39 is 0 Å². The van der Waals surface area contributed by atoms with Gasteiger partial charge in [0.1, 0.15) is 11.4 Å². The Balaban J connectivity index is 3.06. The Morgan fingerprint density at radius 3 is 2.47 bits per heavy atom. The van der Waals surface area contributed by atoms with Gasteiger partial charge in [-0.25, -0.2) is 0 Å². The van der Waals surface area contributed by atoms with Gasteiger partial charge in [-0.15, -0.1) is 11.8 Å². The van der Waals surface area contributed by atoms with Gasteiger partial charge in [0.05, 0.1) is 0 Å². The molecule has 15 heavy (non-hydrogen) atoms. The Morgan fingerprint density at radius 1 is 1.33 bits per heavy atom. The lowest BCUT2D eigenvalue weighted by molar-refractivity contribution is 0.129. The van der Waals surface area contributed by atoms with Gasteiger partial charge in [-0.3, -0.25) is 0 Å². The highest BCUT2D eigenvalue weighted by atomic mass is 32.2. The van der Waals surface area contributed by atoms with Crippen LogP contribution in [-0.4, -0.2) is 11.9 Å². The quantitative estimate of drug-likeness (QED) is 0.803. The maximum atomic E-state index is 5.87. The number of hydrogen-bond donors (Lipinski definition) is 1. The van der Waals surface area contributed by atoms with Crippen molar-refractivity contribution in [3.63, 3.8) is 0 Å². The highest BCUT2D eigenvalue weighted by molar-refractivity contribution is 7.98. The first kappa shape index (κ1) is 12.4. The topological polar surface area (TPSA) is 35.2 Å². The third-order valence-corrected chi connectivity index (χ3v) is 2.75. The Bertz CT molecular complexity index is 331. The fourth-order valence-corrected chi connectivity index (χ4v) is 2.01. The Kier molecular flexibility index (Phi) is 4.05. The minimum Gasteiger partial charge on any atom is -0.488 e. The number of ether oxygens (including phenoxy) is 1. The minimum atomic E-state index is -0.180. The summed E-state index contributed by atoms with van der Waals surface area (Å²) in [7, 11) is 0. The molecule has 84 valence electrons. The van der Waals surface area contributed by atoms with Crippen molar-refractivity contribution in [3.8, 4) is 5.75 Å². The molecule has 0 heterocycles. The normalized spacial score (nSPS) is 11.5. The smallest absolute Gasteiger partial charge is 0.125 e. The van der Waals surface area contributed by atoms with E-state index in [0.717, 1.165) is 11.3 Å². The van der Waals surface area contributed by atoms with Crippen molar-refractivity contribution in [1.82, 2.24) is 0 Å². The predicted molar refractivity (Wildman–Crippen MR) is 66.5 cm³/mol. The van der Waals surface area contributed by atoms with Gasteiger partial charge in [0, 0.05) is 17.0 Å². The predicted octanol–water partition coefficient (Wildman–Crippen LogP) is 3.04. The molecule has 0 amide bonds. The molecule has 0 aliphatic heterocycles. The van der Waals surface area contributed by atoms with Gasteiger partial charge in [-0.1, -0.05) is 6.07 Å². The van der Waals surface area contributed by atoms with Crippen molar-refractivity contribution in [1.29, 1.82) is 0 Å². The molecule has 1 aromatic carbocycles. The maximum Gasteiger partial charge on any atom is 0.125 e. The van der Waals surface area contributed by atoms with Crippen molar-refractivity contribution in [2.45, 2.75) is 37.8 Å². The molecule has 0 saturated carbocycles. The van der Waals surface area contributed by atoms with Crippen molar-refractivity contribution in [3.05, 3.63) is 23.8 Å². The molecular formula is C12H19NOS. The molecule has 0 unspecified atom stereocenters. The zero-order valence-electron chi connectivity index (χ0n) is 9.83. The molecule has 0 atom stereocenters. The first-order valence-electron chi connectivity index (χ1n) is 5.03. The molecule has 2 N–H and O–H groups in total. The molecule has 2 nitrogen and oxygen atoms in total. The summed E-state index contributed by atoms with van der Waals surface area (Å²) >= 11 is 1.70. The summed E-state index contributed by atoms with van der Waals surface area (Å²) in [6.45, 7) is 6.64. The fraction of sp³-hybridized carbons (Fsp3) is 0.500. The molecule has 1 aromatic rings. The third kappa shape index (κ3) is 3.43. The molecule has 0 aromatic heterocycles. The summed E-state index contributed by atoms with van der Waals surface area (Å²) in [6, 6.07) is 6.06. The van der Waals surface area contributed by atoms with E-state index in [0.29, 0.717) is 6.54 Å². The molecule has 0 saturated heterocycles. The van der Waals surface area contributed by atoms with E-state index in [4.69, 9.17) is 10.5 Å². The largest absolute Gasteiger partial charge is 0.488 e. The van der Waals surface area contributed by atoms with E-state index in [2.05, 4.69) is 12.3 Å². The van der Waals surface area contributed by atoms with Crippen LogP contribution in [0.2, 0.25) is 0 Å². The SMILES string of the molecule is CSc1cccc(OC(C)(C)C)c1CN. The standard InChI is InChI=1S/C12H19NOS/c1-12(2,3)14-10-6-5-7-11(15-4)9(10)8-13/h5-7H,8,13H2,1-4H3. The molecule has 0 bridgehead atoms. The lowest BCUT2D eigenvalue weighted by atomic mass is 10.1. The molecule has 0 fully saturated rings. The summed E-state index contributed by atoms with van der Waals surface area (Å²) in [5.41, 5.74) is 6.67. The van der Waals surface area contributed by atoms with Gasteiger partial charge in [0.25, 0.3) is 0 Å². The van der Waals surface area contributed by atoms with Crippen molar-refractivity contribution in [2.75, 3.05) is 6.26 Å². The number of thioether (sulfide) groups is 1. The molecule has 0 aliphatic carbocycles. The maximum absolute atomic E-state index is 5.87.